The van der Waals surface area contributed by atoms with Gasteiger partial charge in [-0.2, -0.15) is 0 Å². The van der Waals surface area contributed by atoms with Gasteiger partial charge in [0.1, 0.15) is 13.2 Å². The molecule has 368 valence electrons. The van der Waals surface area contributed by atoms with Gasteiger partial charge in [0.05, 0.1) is 0 Å². The molecule has 0 saturated carbocycles. The van der Waals surface area contributed by atoms with Crippen molar-refractivity contribution in [2.75, 3.05) is 13.2 Å². The summed E-state index contributed by atoms with van der Waals surface area (Å²) >= 11 is 0. The van der Waals surface area contributed by atoms with Crippen LogP contribution in [0.4, 0.5) is 0 Å². The van der Waals surface area contributed by atoms with E-state index >= 15 is 0 Å². The average molecular weight is 901 g/mol. The number of hydrogen-bond acceptors (Lipinski definition) is 6. The van der Waals surface area contributed by atoms with Gasteiger partial charge in [0, 0.05) is 19.3 Å². The maximum atomic E-state index is 12.8. The molecule has 6 heteroatoms. The Labute approximate surface area is 400 Å². The van der Waals surface area contributed by atoms with Crippen molar-refractivity contribution in [2.45, 2.75) is 232 Å². The summed E-state index contributed by atoms with van der Waals surface area (Å²) < 4.78 is 16.7. The second kappa shape index (κ2) is 52.7. The van der Waals surface area contributed by atoms with Gasteiger partial charge in [-0.15, -0.1) is 0 Å². The van der Waals surface area contributed by atoms with Crippen molar-refractivity contribution >= 4 is 17.9 Å². The number of carbonyl (C=O) groups is 3. The molecule has 0 radical (unpaired) electrons. The summed E-state index contributed by atoms with van der Waals surface area (Å²) in [6, 6.07) is 0. The molecule has 0 fully saturated rings. The lowest BCUT2D eigenvalue weighted by Crippen LogP contribution is -2.30. The molecule has 0 spiro atoms. The van der Waals surface area contributed by atoms with Crippen LogP contribution in [0.1, 0.15) is 226 Å². The lowest BCUT2D eigenvalue weighted by atomic mass is 10.1. The summed E-state index contributed by atoms with van der Waals surface area (Å²) in [7, 11) is 0. The van der Waals surface area contributed by atoms with Crippen LogP contribution in [-0.2, 0) is 28.6 Å². The van der Waals surface area contributed by atoms with Crippen LogP contribution in [0.25, 0.3) is 0 Å². The van der Waals surface area contributed by atoms with Crippen molar-refractivity contribution < 1.29 is 28.6 Å². The van der Waals surface area contributed by atoms with Crippen LogP contribution in [0.5, 0.6) is 0 Å². The summed E-state index contributed by atoms with van der Waals surface area (Å²) in [6.45, 7) is 6.28. The molecule has 6 nitrogen and oxygen atoms in total. The number of rotatable bonds is 46. The highest BCUT2D eigenvalue weighted by atomic mass is 16.6. The van der Waals surface area contributed by atoms with Crippen LogP contribution in [0.15, 0.2) is 109 Å². The van der Waals surface area contributed by atoms with Gasteiger partial charge in [-0.1, -0.05) is 239 Å². The fourth-order valence-corrected chi connectivity index (χ4v) is 7.00. The Bertz CT molecular complexity index is 1360. The third kappa shape index (κ3) is 50.9. The van der Waals surface area contributed by atoms with Crippen molar-refractivity contribution in [1.82, 2.24) is 0 Å². The predicted molar refractivity (Wildman–Crippen MR) is 279 cm³/mol. The van der Waals surface area contributed by atoms with E-state index in [1.165, 1.54) is 109 Å². The molecule has 0 saturated heterocycles. The lowest BCUT2D eigenvalue weighted by Gasteiger charge is -2.18. The van der Waals surface area contributed by atoms with E-state index in [0.29, 0.717) is 19.3 Å². The Morgan fingerprint density at radius 1 is 0.323 bits per heavy atom. The van der Waals surface area contributed by atoms with Gasteiger partial charge in [0.2, 0.25) is 0 Å². The lowest BCUT2D eigenvalue weighted by molar-refractivity contribution is -0.167. The third-order valence-electron chi connectivity index (χ3n) is 10.9. The summed E-state index contributed by atoms with van der Waals surface area (Å²) in [5, 5.41) is 0. The highest BCUT2D eigenvalue weighted by molar-refractivity contribution is 5.71. The minimum Gasteiger partial charge on any atom is -0.462 e. The number of carbonyl (C=O) groups excluding carboxylic acids is 3. The SMILES string of the molecule is CC/C=C/C=C/C=C/C=C/C=C/CCCC(=O)OCC(COC(=O)CCCCCCCCC/C=C/CCCCCCCCCC)OC(=O)CCCCCCCCC/C=C/C=C/C=C/CC. The Hall–Kier alpha value is -3.93. The number of esters is 3. The molecule has 0 aromatic carbocycles. The smallest absolute Gasteiger partial charge is 0.306 e. The third-order valence-corrected chi connectivity index (χ3v) is 10.9. The Kier molecular flexibility index (Phi) is 49.5. The zero-order chi connectivity index (χ0) is 47.2. The Balaban J connectivity index is 4.47. The van der Waals surface area contributed by atoms with E-state index in [2.05, 4.69) is 75.5 Å². The highest BCUT2D eigenvalue weighted by Crippen LogP contribution is 2.14. The zero-order valence-corrected chi connectivity index (χ0v) is 42.0. The van der Waals surface area contributed by atoms with Crippen LogP contribution < -0.4 is 0 Å². The van der Waals surface area contributed by atoms with Crippen LogP contribution in [0, 0.1) is 0 Å². The van der Waals surface area contributed by atoms with Gasteiger partial charge in [-0.05, 0) is 77.0 Å². The first kappa shape index (κ1) is 61.1. The first-order chi connectivity index (χ1) is 32.0. The van der Waals surface area contributed by atoms with Gasteiger partial charge in [0.15, 0.2) is 6.10 Å². The van der Waals surface area contributed by atoms with E-state index in [1.807, 2.05) is 54.7 Å². The summed E-state index contributed by atoms with van der Waals surface area (Å²) in [6.07, 6.45) is 70.8. The largest absolute Gasteiger partial charge is 0.462 e. The monoisotopic (exact) mass is 901 g/mol. The molecule has 0 N–H and O–H groups in total. The van der Waals surface area contributed by atoms with Crippen LogP contribution in [0.3, 0.4) is 0 Å². The molecule has 0 aliphatic heterocycles. The molecule has 1 atom stereocenters. The van der Waals surface area contributed by atoms with Gasteiger partial charge in [0.25, 0.3) is 0 Å². The second-order valence-corrected chi connectivity index (χ2v) is 17.2. The second-order valence-electron chi connectivity index (χ2n) is 17.2. The number of unbranched alkanes of at least 4 members (excludes halogenated alkanes) is 23. The van der Waals surface area contributed by atoms with Gasteiger partial charge in [-0.25, -0.2) is 0 Å². The molecule has 1 unspecified atom stereocenters. The van der Waals surface area contributed by atoms with E-state index in [4.69, 9.17) is 14.2 Å². The minimum atomic E-state index is -0.816. The molecule has 0 bridgehead atoms. The van der Waals surface area contributed by atoms with Crippen molar-refractivity contribution in [3.63, 3.8) is 0 Å². The summed E-state index contributed by atoms with van der Waals surface area (Å²) in [4.78, 5) is 38.0. The number of ether oxygens (including phenoxy) is 3. The quantitative estimate of drug-likeness (QED) is 0.0199. The molecule has 0 amide bonds. The molecule has 0 aromatic heterocycles. The first-order valence-corrected chi connectivity index (χ1v) is 26.5. The Morgan fingerprint density at radius 2 is 0.631 bits per heavy atom. The van der Waals surface area contributed by atoms with Gasteiger partial charge < -0.3 is 14.2 Å². The van der Waals surface area contributed by atoms with Crippen LogP contribution in [0.2, 0.25) is 0 Å². The van der Waals surface area contributed by atoms with Crippen molar-refractivity contribution in [2.24, 2.45) is 0 Å². The molecule has 0 aliphatic rings. The van der Waals surface area contributed by atoms with Crippen molar-refractivity contribution in [3.05, 3.63) is 109 Å². The fraction of sp³-hybridized carbons (Fsp3) is 0.644. The number of hydrogen-bond donors (Lipinski definition) is 0. The van der Waals surface area contributed by atoms with Crippen LogP contribution >= 0.6 is 0 Å². The Morgan fingerprint density at radius 3 is 1.05 bits per heavy atom. The van der Waals surface area contributed by atoms with E-state index in [9.17, 15) is 14.4 Å². The highest BCUT2D eigenvalue weighted by Gasteiger charge is 2.19. The molecular formula is C59H96O6. The fourth-order valence-electron chi connectivity index (χ4n) is 7.00. The molecule has 0 aliphatic carbocycles. The average Bonchev–Trinajstić information content (AvgIpc) is 3.30. The van der Waals surface area contributed by atoms with Crippen molar-refractivity contribution in [1.29, 1.82) is 0 Å². The molecule has 0 heterocycles. The maximum Gasteiger partial charge on any atom is 0.306 e. The normalized spacial score (nSPS) is 13.0. The van der Waals surface area contributed by atoms with E-state index < -0.39 is 6.10 Å². The molecule has 0 rings (SSSR count). The topological polar surface area (TPSA) is 78.9 Å². The van der Waals surface area contributed by atoms with Gasteiger partial charge >= 0.3 is 17.9 Å². The standard InChI is InChI=1S/C59H96O6/c1-4-7-10-13-16-19-22-25-27-28-29-30-32-34-37-40-43-46-49-52-58(61)64-55-56(54-63-57(60)51-48-45-42-39-36-33-24-21-18-15-12-9-6-3)65-59(62)53-50-47-44-41-38-35-31-26-23-20-17-14-11-8-5-2/h8-9,11-12,14-15,17-18,20-21,23-24,28-29,33,36,39,42,56H,4-7,10,13,16,19,22,25-27,30-32,34-35,37-38,40-41,43-55H2,1-3H3/b11-8+,12-9+,17-14+,18-15+,23-20+,24-21+,29-28+,36-33+,42-39+. The molecular weight excluding hydrogens is 805 g/mol. The summed E-state index contributed by atoms with van der Waals surface area (Å²) in [5.74, 6) is -1.01. The predicted octanol–water partition coefficient (Wildman–Crippen LogP) is 17.5. The first-order valence-electron chi connectivity index (χ1n) is 26.5. The molecule has 0 aromatic rings. The number of allylic oxidation sites excluding steroid dienone is 18. The van der Waals surface area contributed by atoms with E-state index in [1.54, 1.807) is 0 Å². The van der Waals surface area contributed by atoms with E-state index in [0.717, 1.165) is 70.6 Å². The van der Waals surface area contributed by atoms with Crippen molar-refractivity contribution in [3.8, 4) is 0 Å². The minimum absolute atomic E-state index is 0.110. The van der Waals surface area contributed by atoms with Crippen LogP contribution in [-0.4, -0.2) is 37.2 Å². The molecule has 65 heavy (non-hydrogen) atoms. The summed E-state index contributed by atoms with van der Waals surface area (Å²) in [5.41, 5.74) is 0. The van der Waals surface area contributed by atoms with E-state index in [-0.39, 0.29) is 37.5 Å². The van der Waals surface area contributed by atoms with Gasteiger partial charge in [-0.3, -0.25) is 14.4 Å². The maximum absolute atomic E-state index is 12.8. The zero-order valence-electron chi connectivity index (χ0n) is 42.0.